The number of morpholine rings is 1. The van der Waals surface area contributed by atoms with Crippen molar-refractivity contribution in [3.8, 4) is 0 Å². The van der Waals surface area contributed by atoms with Crippen LogP contribution in [0.4, 0.5) is 14.9 Å². The molecule has 0 aliphatic carbocycles. The van der Waals surface area contributed by atoms with Gasteiger partial charge in [-0.3, -0.25) is 9.69 Å². The van der Waals surface area contributed by atoms with Gasteiger partial charge in [-0.25, -0.2) is 9.18 Å². The van der Waals surface area contributed by atoms with Crippen LogP contribution in [-0.4, -0.2) is 43.1 Å². The number of imide groups is 1. The highest BCUT2D eigenvalue weighted by molar-refractivity contribution is 6.30. The van der Waals surface area contributed by atoms with E-state index < -0.39 is 11.9 Å². The second-order valence-electron chi connectivity index (χ2n) is 6.82. The summed E-state index contributed by atoms with van der Waals surface area (Å²) in [6.45, 7) is 2.52. The van der Waals surface area contributed by atoms with Crippen LogP contribution in [0.25, 0.3) is 6.08 Å². The van der Waals surface area contributed by atoms with Crippen molar-refractivity contribution in [1.29, 1.82) is 0 Å². The molecule has 2 aliphatic heterocycles. The van der Waals surface area contributed by atoms with E-state index in [1.54, 1.807) is 36.4 Å². The maximum Gasteiger partial charge on any atom is 0.329 e. The number of nitrogens with zero attached hydrogens (tertiary/aromatic N) is 2. The van der Waals surface area contributed by atoms with Gasteiger partial charge in [-0.1, -0.05) is 29.8 Å². The summed E-state index contributed by atoms with van der Waals surface area (Å²) in [7, 11) is 0. The van der Waals surface area contributed by atoms with Crippen molar-refractivity contribution >= 4 is 35.3 Å². The first-order valence-corrected chi connectivity index (χ1v) is 9.60. The highest BCUT2D eigenvalue weighted by Gasteiger charge is 2.33. The molecular weight excluding hydrogens is 397 g/mol. The average Bonchev–Trinajstić information content (AvgIpc) is 2.98. The Balaban J connectivity index is 1.50. The minimum Gasteiger partial charge on any atom is -0.378 e. The number of urea groups is 1. The number of anilines is 1. The molecule has 6 nitrogen and oxygen atoms in total. The van der Waals surface area contributed by atoms with E-state index in [0.29, 0.717) is 42.6 Å². The van der Waals surface area contributed by atoms with E-state index in [4.69, 9.17) is 16.3 Å². The van der Waals surface area contributed by atoms with Gasteiger partial charge >= 0.3 is 6.03 Å². The normalized spacial score (nSPS) is 18.5. The van der Waals surface area contributed by atoms with Crippen LogP contribution in [0.3, 0.4) is 0 Å². The van der Waals surface area contributed by atoms with Crippen LogP contribution in [-0.2, 0) is 16.1 Å². The lowest BCUT2D eigenvalue weighted by atomic mass is 10.1. The summed E-state index contributed by atoms with van der Waals surface area (Å²) in [5.74, 6) is -0.835. The Hall–Kier alpha value is -2.90. The van der Waals surface area contributed by atoms with Gasteiger partial charge in [0.1, 0.15) is 11.5 Å². The number of nitrogens with one attached hydrogen (secondary N) is 1. The van der Waals surface area contributed by atoms with Crippen LogP contribution in [0, 0.1) is 5.82 Å². The van der Waals surface area contributed by atoms with Gasteiger partial charge in [0.05, 0.1) is 25.4 Å². The minimum atomic E-state index is -0.512. The topological polar surface area (TPSA) is 61.9 Å². The van der Waals surface area contributed by atoms with Crippen LogP contribution in [0.15, 0.2) is 48.2 Å². The van der Waals surface area contributed by atoms with Crippen LogP contribution in [0.5, 0.6) is 0 Å². The molecular formula is C21H19ClFN3O3. The SMILES string of the molecule is O=C1N/C(=C\c2ccc(N3CCOCC3)c(F)c2)C(=O)N1Cc1ccc(Cl)cc1. The van der Waals surface area contributed by atoms with E-state index >= 15 is 0 Å². The van der Waals surface area contributed by atoms with Crippen LogP contribution < -0.4 is 10.2 Å². The zero-order chi connectivity index (χ0) is 20.4. The smallest absolute Gasteiger partial charge is 0.329 e. The maximum absolute atomic E-state index is 14.6. The number of carbonyl (C=O) groups excluding carboxylic acids is 2. The second-order valence-corrected chi connectivity index (χ2v) is 7.25. The predicted molar refractivity (Wildman–Crippen MR) is 108 cm³/mol. The molecule has 2 saturated heterocycles. The molecule has 4 rings (SSSR count). The van der Waals surface area contributed by atoms with Gasteiger partial charge in [0.25, 0.3) is 5.91 Å². The molecule has 29 heavy (non-hydrogen) atoms. The molecule has 0 saturated carbocycles. The Morgan fingerprint density at radius 3 is 2.52 bits per heavy atom. The molecule has 2 aromatic rings. The van der Waals surface area contributed by atoms with Crippen molar-refractivity contribution in [3.05, 3.63) is 70.1 Å². The molecule has 2 aromatic carbocycles. The summed E-state index contributed by atoms with van der Waals surface area (Å²) in [4.78, 5) is 27.9. The Labute approximate surface area is 172 Å². The molecule has 150 valence electrons. The second kappa shape index (κ2) is 8.23. The van der Waals surface area contributed by atoms with Gasteiger partial charge in [-0.2, -0.15) is 0 Å². The van der Waals surface area contributed by atoms with Crippen molar-refractivity contribution in [2.24, 2.45) is 0 Å². The van der Waals surface area contributed by atoms with Crippen LogP contribution >= 0.6 is 11.6 Å². The lowest BCUT2D eigenvalue weighted by Gasteiger charge is -2.29. The molecule has 8 heteroatoms. The van der Waals surface area contributed by atoms with E-state index in [1.165, 1.54) is 12.1 Å². The van der Waals surface area contributed by atoms with Gasteiger partial charge in [0, 0.05) is 18.1 Å². The summed E-state index contributed by atoms with van der Waals surface area (Å²) >= 11 is 5.86. The third-order valence-corrected chi connectivity index (χ3v) is 5.10. The third-order valence-electron chi connectivity index (χ3n) is 4.85. The molecule has 0 spiro atoms. The minimum absolute atomic E-state index is 0.113. The van der Waals surface area contributed by atoms with Gasteiger partial charge < -0.3 is 15.0 Å². The first kappa shape index (κ1) is 19.4. The molecule has 0 atom stereocenters. The van der Waals surface area contributed by atoms with Crippen molar-refractivity contribution in [1.82, 2.24) is 10.2 Å². The zero-order valence-corrected chi connectivity index (χ0v) is 16.3. The number of halogens is 2. The molecule has 2 fully saturated rings. The lowest BCUT2D eigenvalue weighted by molar-refractivity contribution is -0.123. The summed E-state index contributed by atoms with van der Waals surface area (Å²) in [6.07, 6.45) is 1.48. The number of hydrogen-bond donors (Lipinski definition) is 1. The number of carbonyl (C=O) groups is 2. The fourth-order valence-electron chi connectivity index (χ4n) is 3.33. The summed E-state index contributed by atoms with van der Waals surface area (Å²) in [5.41, 5.74) is 1.89. The Kier molecular flexibility index (Phi) is 5.51. The van der Waals surface area contributed by atoms with Crippen molar-refractivity contribution in [2.45, 2.75) is 6.54 Å². The van der Waals surface area contributed by atoms with Crippen molar-refractivity contribution in [3.63, 3.8) is 0 Å². The first-order chi connectivity index (χ1) is 14.0. The van der Waals surface area contributed by atoms with E-state index in [-0.39, 0.29) is 18.1 Å². The summed E-state index contributed by atoms with van der Waals surface area (Å²) in [5, 5.41) is 3.13. The molecule has 0 unspecified atom stereocenters. The highest BCUT2D eigenvalue weighted by atomic mass is 35.5. The molecule has 0 radical (unpaired) electrons. The Morgan fingerprint density at radius 1 is 1.10 bits per heavy atom. The van der Waals surface area contributed by atoms with E-state index in [2.05, 4.69) is 5.32 Å². The van der Waals surface area contributed by atoms with Crippen LogP contribution in [0.1, 0.15) is 11.1 Å². The predicted octanol–water partition coefficient (Wildman–Crippen LogP) is 3.41. The number of benzene rings is 2. The van der Waals surface area contributed by atoms with E-state index in [0.717, 1.165) is 10.5 Å². The molecule has 0 aromatic heterocycles. The summed E-state index contributed by atoms with van der Waals surface area (Å²) in [6, 6.07) is 11.2. The van der Waals surface area contributed by atoms with Crippen molar-refractivity contribution in [2.75, 3.05) is 31.2 Å². The quantitative estimate of drug-likeness (QED) is 0.614. The van der Waals surface area contributed by atoms with Crippen LogP contribution in [0.2, 0.25) is 5.02 Å². The molecule has 2 heterocycles. The fourth-order valence-corrected chi connectivity index (χ4v) is 3.45. The highest BCUT2D eigenvalue weighted by Crippen LogP contribution is 2.24. The molecule has 3 amide bonds. The fraction of sp³-hybridized carbons (Fsp3) is 0.238. The lowest BCUT2D eigenvalue weighted by Crippen LogP contribution is -2.36. The number of ether oxygens (including phenoxy) is 1. The average molecular weight is 416 g/mol. The number of rotatable bonds is 4. The van der Waals surface area contributed by atoms with E-state index in [1.807, 2.05) is 4.90 Å². The van der Waals surface area contributed by atoms with Gasteiger partial charge in [-0.15, -0.1) is 0 Å². The first-order valence-electron chi connectivity index (χ1n) is 9.22. The van der Waals surface area contributed by atoms with Gasteiger partial charge in [-0.05, 0) is 41.5 Å². The molecule has 2 aliphatic rings. The number of hydrogen-bond acceptors (Lipinski definition) is 4. The van der Waals surface area contributed by atoms with Gasteiger partial charge in [0.15, 0.2) is 0 Å². The number of amides is 3. The standard InChI is InChI=1S/C21H19ClFN3O3/c22-16-4-1-14(2-5-16)13-26-20(27)18(24-21(26)28)12-15-3-6-19(17(23)11-15)25-7-9-29-10-8-25/h1-6,11-12H,7-10,13H2,(H,24,28)/b18-12-. The molecule has 1 N–H and O–H groups in total. The van der Waals surface area contributed by atoms with Crippen molar-refractivity contribution < 1.29 is 18.7 Å². The third kappa shape index (κ3) is 4.26. The Bertz CT molecular complexity index is 972. The maximum atomic E-state index is 14.6. The molecule has 0 bridgehead atoms. The van der Waals surface area contributed by atoms with Gasteiger partial charge in [0.2, 0.25) is 0 Å². The Morgan fingerprint density at radius 2 is 1.83 bits per heavy atom. The van der Waals surface area contributed by atoms with E-state index in [9.17, 15) is 14.0 Å². The zero-order valence-electron chi connectivity index (χ0n) is 15.5. The largest absolute Gasteiger partial charge is 0.378 e. The summed E-state index contributed by atoms with van der Waals surface area (Å²) < 4.78 is 19.9. The monoisotopic (exact) mass is 415 g/mol.